The van der Waals surface area contributed by atoms with Crippen LogP contribution in [0.15, 0.2) is 54.3 Å². The van der Waals surface area contributed by atoms with E-state index in [2.05, 4.69) is 25.6 Å². The molecule has 3 aromatic rings. The van der Waals surface area contributed by atoms with Gasteiger partial charge in [-0.15, -0.1) is 10.2 Å². The van der Waals surface area contributed by atoms with Gasteiger partial charge in [0.2, 0.25) is 0 Å². The molecule has 1 atom stereocenters. The number of aliphatic hydroxyl groups is 1. The Balaban J connectivity index is 1.64. The highest BCUT2D eigenvalue weighted by Gasteiger charge is 2.41. The van der Waals surface area contributed by atoms with Crippen LogP contribution in [-0.2, 0) is 36.3 Å². The zero-order valence-corrected chi connectivity index (χ0v) is 18.9. The Kier molecular flexibility index (Phi) is 7.12. The summed E-state index contributed by atoms with van der Waals surface area (Å²) in [6, 6.07) is 9.85. The number of rotatable bonds is 11. The van der Waals surface area contributed by atoms with Crippen molar-refractivity contribution in [3.63, 3.8) is 0 Å². The van der Waals surface area contributed by atoms with Gasteiger partial charge in [0.1, 0.15) is 18.9 Å². The van der Waals surface area contributed by atoms with Gasteiger partial charge < -0.3 is 20.0 Å². The summed E-state index contributed by atoms with van der Waals surface area (Å²) < 4.78 is 7.51. The van der Waals surface area contributed by atoms with Crippen LogP contribution in [-0.4, -0.2) is 40.2 Å². The van der Waals surface area contributed by atoms with Crippen LogP contribution >= 0.6 is 0 Å². The maximum absolute atomic E-state index is 11.9. The third-order valence-electron chi connectivity index (χ3n) is 5.88. The lowest BCUT2D eigenvalue weighted by molar-refractivity contribution is -0.393. The minimum Gasteiger partial charge on any atom is -0.489 e. The second-order valence-electron chi connectivity index (χ2n) is 8.21. The molecule has 11 nitrogen and oxygen atoms in total. The molecule has 1 aliphatic rings. The minimum absolute atomic E-state index is 0.0570. The number of nitrogens with zero attached hydrogens (tertiary/aromatic N) is 6. The van der Waals surface area contributed by atoms with Crippen LogP contribution < -0.4 is 0 Å². The molecule has 0 radical (unpaired) electrons. The Morgan fingerprint density at radius 2 is 2.15 bits per heavy atom. The average molecular weight is 466 g/mol. The van der Waals surface area contributed by atoms with Crippen molar-refractivity contribution in [2.45, 2.75) is 57.8 Å². The van der Waals surface area contributed by atoms with Crippen molar-refractivity contribution in [1.82, 2.24) is 30.2 Å². The van der Waals surface area contributed by atoms with Crippen LogP contribution in [0.5, 0.6) is 0 Å². The molecule has 1 unspecified atom stereocenters. The fraction of sp³-hybridized carbons (Fsp3) is 0.391. The number of hydrogen-bond acceptors (Lipinski definition) is 8. The number of benzene rings is 1. The summed E-state index contributed by atoms with van der Waals surface area (Å²) in [7, 11) is 0. The molecule has 2 aromatic heterocycles. The summed E-state index contributed by atoms with van der Waals surface area (Å²) in [5.74, 6) is 1.46. The number of nitro groups is 1. The lowest BCUT2D eigenvalue weighted by Gasteiger charge is -2.28. The summed E-state index contributed by atoms with van der Waals surface area (Å²) in [6.45, 7) is 2.14. The number of hydrogen-bond donors (Lipinski definition) is 2. The molecule has 0 saturated heterocycles. The van der Waals surface area contributed by atoms with Gasteiger partial charge in [0, 0.05) is 6.42 Å². The topological polar surface area (TPSA) is 145 Å². The predicted octanol–water partition coefficient (Wildman–Crippen LogP) is 3.14. The van der Waals surface area contributed by atoms with Crippen molar-refractivity contribution in [2.24, 2.45) is 0 Å². The Hall–Kier alpha value is -3.86. The first-order valence-corrected chi connectivity index (χ1v) is 11.2. The van der Waals surface area contributed by atoms with E-state index in [9.17, 15) is 15.2 Å². The maximum Gasteiger partial charge on any atom is 0.348 e. The Labute approximate surface area is 196 Å². The first kappa shape index (κ1) is 23.3. The number of aliphatic hydroxyl groups excluding tert-OH is 1. The number of tetrazole rings is 1. The molecule has 2 N–H and O–H groups in total. The van der Waals surface area contributed by atoms with E-state index in [0.29, 0.717) is 36.9 Å². The number of ether oxygens (including phenoxy) is 1. The molecule has 0 fully saturated rings. The lowest BCUT2D eigenvalue weighted by Crippen LogP contribution is -2.33. The molecular formula is C23H27N7O4. The molecule has 4 rings (SSSR count). The van der Waals surface area contributed by atoms with E-state index in [1.54, 1.807) is 4.57 Å². The molecule has 0 amide bonds. The van der Waals surface area contributed by atoms with Crippen LogP contribution in [0.1, 0.15) is 49.1 Å². The molecular weight excluding hydrogens is 438 g/mol. The van der Waals surface area contributed by atoms with Crippen molar-refractivity contribution in [3.05, 3.63) is 87.3 Å². The summed E-state index contributed by atoms with van der Waals surface area (Å²) >= 11 is 0. The van der Waals surface area contributed by atoms with Gasteiger partial charge in [-0.25, -0.2) is 9.55 Å². The lowest BCUT2D eigenvalue weighted by atomic mass is 9.80. The SMILES string of the molecule is CCCCc1nc(CO)c([N+](=O)[O-])n1CC1(c2nn[nH]n2)C=CC(OCc2ccccc2)=CC1. The van der Waals surface area contributed by atoms with Crippen LogP contribution in [0.3, 0.4) is 0 Å². The smallest absolute Gasteiger partial charge is 0.348 e. The molecule has 11 heteroatoms. The summed E-state index contributed by atoms with van der Waals surface area (Å²) in [5, 5.41) is 36.2. The number of imidazole rings is 1. The zero-order chi connectivity index (χ0) is 24.0. The second-order valence-corrected chi connectivity index (χ2v) is 8.21. The van der Waals surface area contributed by atoms with Crippen LogP contribution in [0.25, 0.3) is 0 Å². The van der Waals surface area contributed by atoms with Crippen LogP contribution in [0.4, 0.5) is 5.82 Å². The minimum atomic E-state index is -0.800. The van der Waals surface area contributed by atoms with Crippen molar-refractivity contribution in [2.75, 3.05) is 0 Å². The van der Waals surface area contributed by atoms with E-state index in [1.807, 2.05) is 55.5 Å². The Morgan fingerprint density at radius 3 is 2.76 bits per heavy atom. The third-order valence-corrected chi connectivity index (χ3v) is 5.88. The second kappa shape index (κ2) is 10.4. The van der Waals surface area contributed by atoms with E-state index in [-0.39, 0.29) is 18.1 Å². The summed E-state index contributed by atoms with van der Waals surface area (Å²) in [6.07, 6.45) is 8.42. The molecule has 1 aliphatic carbocycles. The highest BCUT2D eigenvalue weighted by Crippen LogP contribution is 2.36. The Bertz CT molecular complexity index is 1170. The molecule has 34 heavy (non-hydrogen) atoms. The van der Waals surface area contributed by atoms with Gasteiger partial charge in [-0.2, -0.15) is 5.21 Å². The van der Waals surface area contributed by atoms with E-state index < -0.39 is 16.9 Å². The number of H-pyrrole nitrogens is 1. The standard InChI is InChI=1S/C23H27N7O4/c1-2-3-9-20-24-19(14-31)21(30(32)33)29(20)16-23(22-25-27-28-26-22)12-10-18(11-13-23)34-15-17-7-5-4-6-8-17/h4-8,10-12,31H,2-3,9,13-16H2,1H3,(H,25,26,27,28). The van der Waals surface area contributed by atoms with Crippen molar-refractivity contribution in [3.8, 4) is 0 Å². The van der Waals surface area contributed by atoms with E-state index in [1.165, 1.54) is 0 Å². The largest absolute Gasteiger partial charge is 0.489 e. The molecule has 2 heterocycles. The monoisotopic (exact) mass is 465 g/mol. The number of aryl methyl sites for hydroxylation is 1. The van der Waals surface area contributed by atoms with Gasteiger partial charge in [0.15, 0.2) is 17.3 Å². The fourth-order valence-corrected chi connectivity index (χ4v) is 4.06. The number of unbranched alkanes of at least 4 members (excludes halogenated alkanes) is 1. The quantitative estimate of drug-likeness (QED) is 0.324. The van der Waals surface area contributed by atoms with E-state index in [4.69, 9.17) is 4.74 Å². The van der Waals surface area contributed by atoms with Crippen molar-refractivity contribution >= 4 is 5.82 Å². The van der Waals surface area contributed by atoms with E-state index >= 15 is 0 Å². The first-order valence-electron chi connectivity index (χ1n) is 11.2. The number of allylic oxidation sites excluding steroid dienone is 3. The number of aromatic amines is 1. The molecule has 1 aromatic carbocycles. The molecule has 0 spiro atoms. The van der Waals surface area contributed by atoms with Gasteiger partial charge in [-0.1, -0.05) is 55.0 Å². The molecule has 0 aliphatic heterocycles. The number of nitrogens with one attached hydrogen (secondary N) is 1. The van der Waals surface area contributed by atoms with Gasteiger partial charge in [-0.3, -0.25) is 0 Å². The van der Waals surface area contributed by atoms with E-state index in [0.717, 1.165) is 18.4 Å². The van der Waals surface area contributed by atoms with Crippen molar-refractivity contribution < 1.29 is 14.8 Å². The fourth-order valence-electron chi connectivity index (χ4n) is 4.06. The first-order chi connectivity index (χ1) is 16.6. The van der Waals surface area contributed by atoms with Gasteiger partial charge in [-0.05, 0) is 35.5 Å². The molecule has 0 saturated carbocycles. The normalized spacial score (nSPS) is 17.5. The van der Waals surface area contributed by atoms with Crippen molar-refractivity contribution in [1.29, 1.82) is 0 Å². The highest BCUT2D eigenvalue weighted by molar-refractivity contribution is 5.35. The van der Waals surface area contributed by atoms with Crippen LogP contribution in [0, 0.1) is 10.1 Å². The molecule has 178 valence electrons. The summed E-state index contributed by atoms with van der Waals surface area (Å²) in [5.41, 5.74) is 0.311. The zero-order valence-electron chi connectivity index (χ0n) is 18.9. The van der Waals surface area contributed by atoms with Crippen LogP contribution in [0.2, 0.25) is 0 Å². The van der Waals surface area contributed by atoms with Gasteiger partial charge in [0.05, 0.1) is 12.0 Å². The predicted molar refractivity (Wildman–Crippen MR) is 122 cm³/mol. The highest BCUT2D eigenvalue weighted by atomic mass is 16.6. The molecule has 0 bridgehead atoms. The maximum atomic E-state index is 11.9. The summed E-state index contributed by atoms with van der Waals surface area (Å²) in [4.78, 5) is 15.8. The van der Waals surface area contributed by atoms with Gasteiger partial charge in [0.25, 0.3) is 0 Å². The Morgan fingerprint density at radius 1 is 1.32 bits per heavy atom. The third kappa shape index (κ3) is 4.88. The number of aromatic nitrogens is 6. The average Bonchev–Trinajstić information content (AvgIpc) is 3.52. The van der Waals surface area contributed by atoms with Gasteiger partial charge >= 0.3 is 5.82 Å².